The number of esters is 1. The summed E-state index contributed by atoms with van der Waals surface area (Å²) in [6.07, 6.45) is 14.2. The molecule has 11 nitrogen and oxygen atoms in total. The summed E-state index contributed by atoms with van der Waals surface area (Å²) in [7, 11) is 3.72. The van der Waals surface area contributed by atoms with Gasteiger partial charge in [0.2, 0.25) is 5.91 Å². The zero-order valence-electron chi connectivity index (χ0n) is 41.0. The number of rotatable bonds is 21. The maximum absolute atomic E-state index is 13.8. The summed E-state index contributed by atoms with van der Waals surface area (Å²) < 4.78 is 56.9. The van der Waals surface area contributed by atoms with Crippen molar-refractivity contribution >= 4 is 24.1 Å². The van der Waals surface area contributed by atoms with E-state index in [0.29, 0.717) is 66.7 Å². The zero-order valence-corrected chi connectivity index (χ0v) is 41.0. The van der Waals surface area contributed by atoms with Gasteiger partial charge < -0.3 is 29.2 Å². The van der Waals surface area contributed by atoms with Crippen molar-refractivity contribution in [2.75, 3.05) is 53.7 Å². The van der Waals surface area contributed by atoms with E-state index in [1.165, 1.54) is 68.3 Å². The molecule has 0 bridgehead atoms. The SMILES string of the molecule is CC(C)CCCCC1CCC2C3CC=C4CC(N(OCCOCC(=O)N5CCC(OC(=O)CCC=O)C5)C(=O)C(F)(F)F)CCC4(C)C3CCC12C.CCC(CC)NC.CCCOC. The summed E-state index contributed by atoms with van der Waals surface area (Å²) in [6.45, 7) is 16.6. The fourth-order valence-corrected chi connectivity index (χ4v) is 11.6. The third-order valence-corrected chi connectivity index (χ3v) is 15.4. The van der Waals surface area contributed by atoms with Crippen LogP contribution in [-0.2, 0) is 38.2 Å². The maximum atomic E-state index is 13.8. The standard InChI is InChI=1S/C40H61F3N2O7.C6H15N.C4H10O/c1-27(2)8-5-6-9-28-12-14-33-32-13-11-29-24-30(15-18-39(29,4)34(32)16-19-38(28,33)3)45(37(49)40(41,42)43)51-23-22-50-26-35(47)44-20-17-31(25-44)52-36(48)10-7-21-46;1-4-6(5-2)7-3;1-3-4-5-2/h11,21,27-28,30-34H,5-10,12-20,22-26H2,1-4H3;6-7H,4-5H2,1-3H3;3-4H2,1-2H3. The molecule has 0 aromatic rings. The minimum absolute atomic E-state index is 0.0110. The number of methoxy groups -OCH3 is 1. The minimum atomic E-state index is -5.09. The molecule has 1 saturated heterocycles. The van der Waals surface area contributed by atoms with Crippen LogP contribution in [0, 0.1) is 40.4 Å². The Morgan fingerprint density at radius 3 is 2.31 bits per heavy atom. The highest BCUT2D eigenvalue weighted by atomic mass is 19.4. The lowest BCUT2D eigenvalue weighted by atomic mass is 9.47. The number of hydroxylamine groups is 2. The predicted octanol–water partition coefficient (Wildman–Crippen LogP) is 10.0. The summed E-state index contributed by atoms with van der Waals surface area (Å²) in [5.74, 6) is 0.473. The van der Waals surface area contributed by atoms with Crippen molar-refractivity contribution < 1.29 is 51.4 Å². The van der Waals surface area contributed by atoms with E-state index in [-0.39, 0.29) is 50.5 Å². The average molecular weight is 914 g/mol. The van der Waals surface area contributed by atoms with Crippen LogP contribution in [0.3, 0.4) is 0 Å². The lowest BCUT2D eigenvalue weighted by Gasteiger charge is -2.58. The highest BCUT2D eigenvalue weighted by molar-refractivity contribution is 5.81. The van der Waals surface area contributed by atoms with Crippen molar-refractivity contribution in [2.45, 2.75) is 188 Å². The van der Waals surface area contributed by atoms with E-state index < -0.39 is 30.2 Å². The minimum Gasteiger partial charge on any atom is -0.460 e. The molecule has 1 heterocycles. The second-order valence-electron chi connectivity index (χ2n) is 19.9. The average Bonchev–Trinajstić information content (AvgIpc) is 3.87. The first kappa shape index (κ1) is 55.8. The van der Waals surface area contributed by atoms with Gasteiger partial charge >= 0.3 is 18.1 Å². The molecule has 4 fully saturated rings. The molecule has 1 N–H and O–H groups in total. The van der Waals surface area contributed by atoms with Gasteiger partial charge in [-0.2, -0.15) is 13.2 Å². The van der Waals surface area contributed by atoms with Crippen LogP contribution in [0.5, 0.6) is 0 Å². The molecule has 0 aromatic heterocycles. The Labute approximate surface area is 384 Å². The Morgan fingerprint density at radius 1 is 0.984 bits per heavy atom. The first-order valence-electron chi connectivity index (χ1n) is 24.8. The highest BCUT2D eigenvalue weighted by Gasteiger charge is 2.59. The van der Waals surface area contributed by atoms with E-state index in [4.69, 9.17) is 19.0 Å². The number of aldehydes is 1. The molecule has 370 valence electrons. The molecule has 1 aliphatic heterocycles. The van der Waals surface area contributed by atoms with E-state index in [1.807, 2.05) is 7.05 Å². The number of allylic oxidation sites excluding steroid dienone is 1. The van der Waals surface area contributed by atoms with Crippen molar-refractivity contribution in [1.29, 1.82) is 0 Å². The largest absolute Gasteiger partial charge is 0.473 e. The van der Waals surface area contributed by atoms with Gasteiger partial charge in [0.05, 0.1) is 32.2 Å². The molecular weight excluding hydrogens is 828 g/mol. The van der Waals surface area contributed by atoms with Gasteiger partial charge in [-0.15, -0.1) is 0 Å². The molecule has 3 saturated carbocycles. The van der Waals surface area contributed by atoms with Crippen molar-refractivity contribution in [1.82, 2.24) is 15.3 Å². The van der Waals surface area contributed by atoms with E-state index >= 15 is 0 Å². The smallest absolute Gasteiger partial charge is 0.460 e. The Bertz CT molecular complexity index is 1450. The van der Waals surface area contributed by atoms with Crippen molar-refractivity contribution in [2.24, 2.45) is 40.4 Å². The summed E-state index contributed by atoms with van der Waals surface area (Å²) in [6, 6.07) is -0.00189. The predicted molar refractivity (Wildman–Crippen MR) is 244 cm³/mol. The molecule has 8 atom stereocenters. The lowest BCUT2D eigenvalue weighted by molar-refractivity contribution is -0.245. The number of amides is 2. The number of hydrogen-bond donors (Lipinski definition) is 1. The topological polar surface area (TPSA) is 124 Å². The van der Waals surface area contributed by atoms with Gasteiger partial charge in [-0.25, -0.2) is 5.06 Å². The molecule has 14 heteroatoms. The number of nitrogens with zero attached hydrogens (tertiary/aromatic N) is 2. The Morgan fingerprint density at radius 2 is 1.72 bits per heavy atom. The summed E-state index contributed by atoms with van der Waals surface area (Å²) in [5, 5.41) is 3.73. The molecule has 4 aliphatic carbocycles. The molecule has 8 unspecified atom stereocenters. The van der Waals surface area contributed by atoms with Gasteiger partial charge in [0.15, 0.2) is 0 Å². The van der Waals surface area contributed by atoms with Crippen LogP contribution < -0.4 is 5.32 Å². The van der Waals surface area contributed by atoms with E-state index in [9.17, 15) is 32.3 Å². The highest BCUT2D eigenvalue weighted by Crippen LogP contribution is 2.67. The number of fused-ring (bicyclic) bond motifs is 5. The summed E-state index contributed by atoms with van der Waals surface area (Å²) >= 11 is 0. The molecule has 5 rings (SSSR count). The fraction of sp³-hybridized carbons (Fsp3) is 0.880. The van der Waals surface area contributed by atoms with Crippen LogP contribution in [0.25, 0.3) is 0 Å². The summed E-state index contributed by atoms with van der Waals surface area (Å²) in [5.41, 5.74) is 1.45. The van der Waals surface area contributed by atoms with Crippen LogP contribution in [0.1, 0.15) is 164 Å². The number of carbonyl (C=O) groups excluding carboxylic acids is 4. The lowest BCUT2D eigenvalue weighted by Crippen LogP contribution is -2.54. The van der Waals surface area contributed by atoms with Crippen LogP contribution in [0.4, 0.5) is 13.2 Å². The number of nitrogens with one attached hydrogen (secondary N) is 1. The molecule has 0 spiro atoms. The molecule has 0 radical (unpaired) electrons. The normalized spacial score (nSPS) is 28.5. The third kappa shape index (κ3) is 15.8. The van der Waals surface area contributed by atoms with Gasteiger partial charge in [0, 0.05) is 39.1 Å². The van der Waals surface area contributed by atoms with Gasteiger partial charge in [-0.1, -0.05) is 79.4 Å². The number of carbonyl (C=O) groups is 4. The van der Waals surface area contributed by atoms with Crippen molar-refractivity contribution in [3.05, 3.63) is 11.6 Å². The van der Waals surface area contributed by atoms with Gasteiger partial charge in [-0.3, -0.25) is 19.2 Å². The third-order valence-electron chi connectivity index (χ3n) is 15.4. The van der Waals surface area contributed by atoms with Crippen LogP contribution in [0.2, 0.25) is 0 Å². The molecular formula is C50H86F3N3O8. The Hall–Kier alpha value is -2.55. The van der Waals surface area contributed by atoms with Gasteiger partial charge in [0.1, 0.15) is 19.0 Å². The number of ether oxygens (including phenoxy) is 3. The number of likely N-dealkylation sites (tertiary alicyclic amines) is 1. The Balaban J connectivity index is 0.000000799. The van der Waals surface area contributed by atoms with E-state index in [1.54, 1.807) is 7.11 Å². The molecule has 2 amide bonds. The molecule has 5 aliphatic rings. The van der Waals surface area contributed by atoms with Crippen molar-refractivity contribution in [3.8, 4) is 0 Å². The second-order valence-corrected chi connectivity index (χ2v) is 19.9. The van der Waals surface area contributed by atoms with Gasteiger partial charge in [0.25, 0.3) is 0 Å². The first-order chi connectivity index (χ1) is 30.4. The first-order valence-corrected chi connectivity index (χ1v) is 24.8. The van der Waals surface area contributed by atoms with E-state index in [2.05, 4.69) is 59.9 Å². The number of halogens is 3. The monoisotopic (exact) mass is 914 g/mol. The number of hydrogen-bond acceptors (Lipinski definition) is 9. The van der Waals surface area contributed by atoms with Crippen molar-refractivity contribution in [3.63, 3.8) is 0 Å². The van der Waals surface area contributed by atoms with Crippen LogP contribution >= 0.6 is 0 Å². The fourth-order valence-electron chi connectivity index (χ4n) is 11.6. The second kappa shape index (κ2) is 27.3. The molecule has 64 heavy (non-hydrogen) atoms. The Kier molecular flexibility index (Phi) is 23.8. The van der Waals surface area contributed by atoms with Gasteiger partial charge in [-0.05, 0) is 125 Å². The number of alkyl halides is 3. The van der Waals surface area contributed by atoms with Crippen LogP contribution in [0.15, 0.2) is 11.6 Å². The van der Waals surface area contributed by atoms with Crippen LogP contribution in [-0.4, -0.2) is 112 Å². The summed E-state index contributed by atoms with van der Waals surface area (Å²) in [4.78, 5) is 54.5. The zero-order chi connectivity index (χ0) is 47.5. The maximum Gasteiger partial charge on any atom is 0.473 e. The number of unbranched alkanes of at least 4 members (excludes halogenated alkanes) is 1. The van der Waals surface area contributed by atoms with E-state index in [0.717, 1.165) is 43.7 Å². The molecule has 0 aromatic carbocycles. The quantitative estimate of drug-likeness (QED) is 0.0394.